The number of para-hydroxylation sites is 2. The molecule has 10 nitrogen and oxygen atoms in total. The van der Waals surface area contributed by atoms with Crippen LogP contribution < -0.4 is 5.73 Å². The molecule has 43 heavy (non-hydrogen) atoms. The molecule has 3 atom stereocenters. The predicted octanol–water partition coefficient (Wildman–Crippen LogP) is 3.86. The Balaban J connectivity index is 1.18. The number of sulfonamides is 1. The quantitative estimate of drug-likeness (QED) is 0.281. The maximum atomic E-state index is 13.9. The maximum Gasteiger partial charge on any atom is 0.243 e. The molecule has 12 heteroatoms. The second-order valence-electron chi connectivity index (χ2n) is 11.5. The molecular weight excluding hydrogens is 585 g/mol. The van der Waals surface area contributed by atoms with E-state index in [9.17, 15) is 13.2 Å². The molecule has 2 aromatic heterocycles. The number of benzene rings is 2. The van der Waals surface area contributed by atoms with Gasteiger partial charge < -0.3 is 19.9 Å². The number of likely N-dealkylation sites (tertiary alicyclic amines) is 1. The lowest BCUT2D eigenvalue weighted by molar-refractivity contribution is -0.136. The van der Waals surface area contributed by atoms with Gasteiger partial charge in [0.25, 0.3) is 0 Å². The van der Waals surface area contributed by atoms with Crippen LogP contribution >= 0.6 is 11.3 Å². The zero-order valence-corrected chi connectivity index (χ0v) is 26.2. The van der Waals surface area contributed by atoms with E-state index in [0.29, 0.717) is 19.7 Å². The molecule has 0 unspecified atom stereocenters. The Morgan fingerprint density at radius 3 is 2.74 bits per heavy atom. The average molecular weight is 623 g/mol. The number of methoxy groups -OCH3 is 1. The second kappa shape index (κ2) is 12.4. The van der Waals surface area contributed by atoms with Gasteiger partial charge in [0.15, 0.2) is 0 Å². The average Bonchev–Trinajstić information content (AvgIpc) is 3.74. The third-order valence-corrected chi connectivity index (χ3v) is 11.1. The molecule has 2 fully saturated rings. The molecule has 0 bridgehead atoms. The minimum absolute atomic E-state index is 0.0685. The van der Waals surface area contributed by atoms with Gasteiger partial charge in [-0.3, -0.25) is 4.79 Å². The molecule has 2 N–H and O–H groups in total. The fraction of sp³-hybridized carbons (Fsp3) is 0.452. The number of hydrogen-bond acceptors (Lipinski definition) is 8. The second-order valence-corrected chi connectivity index (χ2v) is 14.5. The van der Waals surface area contributed by atoms with Crippen LogP contribution in [0.1, 0.15) is 36.0 Å². The van der Waals surface area contributed by atoms with Crippen molar-refractivity contribution in [3.63, 3.8) is 0 Å². The van der Waals surface area contributed by atoms with Crippen molar-refractivity contribution in [2.75, 3.05) is 39.9 Å². The summed E-state index contributed by atoms with van der Waals surface area (Å²) in [6.45, 7) is 4.71. The van der Waals surface area contributed by atoms with E-state index >= 15 is 0 Å². The molecule has 0 saturated carbocycles. The van der Waals surface area contributed by atoms with E-state index in [-0.39, 0.29) is 29.8 Å². The summed E-state index contributed by atoms with van der Waals surface area (Å²) >= 11 is 1.52. The van der Waals surface area contributed by atoms with E-state index < -0.39 is 22.0 Å². The number of thiazole rings is 1. The highest BCUT2D eigenvalue weighted by Crippen LogP contribution is 2.33. The van der Waals surface area contributed by atoms with Crippen molar-refractivity contribution in [1.29, 1.82) is 0 Å². The molecule has 0 aliphatic carbocycles. The molecule has 4 aromatic rings. The van der Waals surface area contributed by atoms with Gasteiger partial charge in [-0.15, -0.1) is 11.3 Å². The lowest BCUT2D eigenvalue weighted by Gasteiger charge is -2.35. The van der Waals surface area contributed by atoms with Gasteiger partial charge >= 0.3 is 0 Å². The van der Waals surface area contributed by atoms with Crippen LogP contribution in [0.5, 0.6) is 0 Å². The highest BCUT2D eigenvalue weighted by Gasteiger charge is 2.43. The Morgan fingerprint density at radius 2 is 1.95 bits per heavy atom. The first-order valence-electron chi connectivity index (χ1n) is 14.8. The lowest BCUT2D eigenvalue weighted by Crippen LogP contribution is -2.47. The van der Waals surface area contributed by atoms with Crippen LogP contribution in [0.4, 0.5) is 0 Å². The fourth-order valence-corrected chi connectivity index (χ4v) is 8.51. The Hall–Kier alpha value is -3.16. The number of aromatic nitrogens is 3. The van der Waals surface area contributed by atoms with Crippen molar-refractivity contribution in [1.82, 2.24) is 23.7 Å². The maximum absolute atomic E-state index is 13.9. The van der Waals surface area contributed by atoms with E-state index in [1.807, 2.05) is 41.5 Å². The number of ether oxygens (including phenoxy) is 1. The van der Waals surface area contributed by atoms with Crippen LogP contribution in [-0.2, 0) is 26.1 Å². The highest BCUT2D eigenvalue weighted by atomic mass is 32.2. The summed E-state index contributed by atoms with van der Waals surface area (Å²) in [6.07, 6.45) is 2.65. The number of piperidine rings is 1. The van der Waals surface area contributed by atoms with Crippen LogP contribution in [0.2, 0.25) is 0 Å². The normalized spacial score (nSPS) is 21.6. The van der Waals surface area contributed by atoms with Crippen molar-refractivity contribution in [3.05, 3.63) is 64.7 Å². The first-order valence-corrected chi connectivity index (χ1v) is 17.1. The van der Waals surface area contributed by atoms with E-state index in [2.05, 4.69) is 15.6 Å². The molecule has 2 aromatic carbocycles. The number of nitrogens with zero attached hydrogens (tertiary/aromatic N) is 5. The number of rotatable bonds is 9. The standard InChI is InChI=1S/C31H38N6O4S2/c1-21-33-28(20-42-21)22-8-5-10-24(16-22)43(39,40)36-18-25(26(32)19-36)31(38)35-13-6-9-23(17-35)30-34-27-11-3-4-12-29(27)37(30)14-7-15-41-2/h3-5,8,10-12,16,20,23,25-26H,6-7,9,13-15,17-19,32H2,1-2H3/t23-,25-,26-/m1/s1. The zero-order chi connectivity index (χ0) is 30.1. The van der Waals surface area contributed by atoms with Crippen molar-refractivity contribution in [3.8, 4) is 11.3 Å². The Morgan fingerprint density at radius 1 is 1.12 bits per heavy atom. The first-order chi connectivity index (χ1) is 20.8. The third kappa shape index (κ3) is 5.99. The fourth-order valence-electron chi connectivity index (χ4n) is 6.34. The van der Waals surface area contributed by atoms with Gasteiger partial charge in [-0.25, -0.2) is 18.4 Å². The van der Waals surface area contributed by atoms with Crippen LogP contribution in [0.3, 0.4) is 0 Å². The summed E-state index contributed by atoms with van der Waals surface area (Å²) in [4.78, 5) is 25.4. The number of aryl methyl sites for hydroxylation is 2. The minimum Gasteiger partial charge on any atom is -0.385 e. The van der Waals surface area contributed by atoms with Gasteiger partial charge in [0.1, 0.15) is 5.82 Å². The van der Waals surface area contributed by atoms with Crippen LogP contribution in [-0.4, -0.2) is 84.0 Å². The largest absolute Gasteiger partial charge is 0.385 e. The number of imidazole rings is 1. The van der Waals surface area contributed by atoms with Gasteiger partial charge in [-0.1, -0.05) is 24.3 Å². The number of hydrogen-bond donors (Lipinski definition) is 1. The van der Waals surface area contributed by atoms with Gasteiger partial charge in [0.2, 0.25) is 15.9 Å². The number of amides is 1. The Labute approximate surface area is 256 Å². The van der Waals surface area contributed by atoms with Crippen LogP contribution in [0, 0.1) is 12.8 Å². The Kier molecular flexibility index (Phi) is 8.65. The summed E-state index contributed by atoms with van der Waals surface area (Å²) < 4.78 is 36.3. The summed E-state index contributed by atoms with van der Waals surface area (Å²) in [5, 5.41) is 2.83. The summed E-state index contributed by atoms with van der Waals surface area (Å²) in [6, 6.07) is 14.4. The summed E-state index contributed by atoms with van der Waals surface area (Å²) in [5.74, 6) is 0.397. The molecule has 6 rings (SSSR count). The first kappa shape index (κ1) is 29.9. The monoisotopic (exact) mass is 622 g/mol. The van der Waals surface area contributed by atoms with Gasteiger partial charge in [0.05, 0.1) is 32.5 Å². The SMILES string of the molecule is COCCCn1c([C@@H]2CCCN(C(=O)[C@@H]3CN(S(=O)(=O)c4cccc(-c5csc(C)n5)c4)C[C@H]3N)C2)nc2ccccc21. The van der Waals surface area contributed by atoms with Gasteiger partial charge in [0, 0.05) is 69.3 Å². The van der Waals surface area contributed by atoms with Crippen LogP contribution in [0.15, 0.2) is 58.8 Å². The molecular formula is C31H38N6O4S2. The summed E-state index contributed by atoms with van der Waals surface area (Å²) in [7, 11) is -2.14. The molecule has 2 saturated heterocycles. The molecule has 0 radical (unpaired) electrons. The Bertz CT molecular complexity index is 1720. The van der Waals surface area contributed by atoms with Gasteiger partial charge in [-0.05, 0) is 50.5 Å². The zero-order valence-electron chi connectivity index (χ0n) is 24.6. The van der Waals surface area contributed by atoms with E-state index in [1.54, 1.807) is 25.3 Å². The molecule has 4 heterocycles. The number of carbonyl (C=O) groups is 1. The number of carbonyl (C=O) groups excluding carboxylic acids is 1. The van der Waals surface area contributed by atoms with Crippen molar-refractivity contribution >= 4 is 38.3 Å². The van der Waals surface area contributed by atoms with E-state index in [1.165, 1.54) is 15.6 Å². The molecule has 2 aliphatic heterocycles. The molecule has 0 spiro atoms. The van der Waals surface area contributed by atoms with E-state index in [0.717, 1.165) is 58.9 Å². The molecule has 1 amide bonds. The van der Waals surface area contributed by atoms with Crippen LogP contribution in [0.25, 0.3) is 22.3 Å². The number of fused-ring (bicyclic) bond motifs is 1. The van der Waals surface area contributed by atoms with E-state index in [4.69, 9.17) is 15.5 Å². The topological polar surface area (TPSA) is 124 Å². The minimum atomic E-state index is -3.84. The smallest absolute Gasteiger partial charge is 0.243 e. The summed E-state index contributed by atoms with van der Waals surface area (Å²) in [5.41, 5.74) is 10.0. The van der Waals surface area contributed by atoms with Crippen molar-refractivity contribution < 1.29 is 17.9 Å². The molecule has 2 aliphatic rings. The number of nitrogens with two attached hydrogens (primary N) is 1. The highest BCUT2D eigenvalue weighted by molar-refractivity contribution is 7.89. The predicted molar refractivity (Wildman–Crippen MR) is 167 cm³/mol. The van der Waals surface area contributed by atoms with Gasteiger partial charge in [-0.2, -0.15) is 4.31 Å². The third-order valence-electron chi connectivity index (χ3n) is 8.55. The lowest BCUT2D eigenvalue weighted by atomic mass is 9.94. The molecule has 228 valence electrons. The van der Waals surface area contributed by atoms with Crippen molar-refractivity contribution in [2.45, 2.75) is 49.6 Å². The van der Waals surface area contributed by atoms with Crippen molar-refractivity contribution in [2.24, 2.45) is 11.7 Å².